The van der Waals surface area contributed by atoms with Crippen LogP contribution in [0.2, 0.25) is 0 Å². The molecule has 22 heavy (non-hydrogen) atoms. The molecular formula is C15H14O7. The van der Waals surface area contributed by atoms with E-state index >= 15 is 0 Å². The van der Waals surface area contributed by atoms with Gasteiger partial charge in [-0.3, -0.25) is 9.59 Å². The Kier molecular flexibility index (Phi) is 2.56. The molecule has 1 heterocycles. The van der Waals surface area contributed by atoms with Crippen molar-refractivity contribution in [3.8, 4) is 0 Å². The van der Waals surface area contributed by atoms with Gasteiger partial charge >= 0.3 is 23.9 Å². The first-order valence-corrected chi connectivity index (χ1v) is 7.17. The first-order valence-electron chi connectivity index (χ1n) is 7.17. The van der Waals surface area contributed by atoms with Crippen LogP contribution in [0.5, 0.6) is 0 Å². The highest BCUT2D eigenvalue weighted by Crippen LogP contribution is 2.69. The molecule has 6 atom stereocenters. The summed E-state index contributed by atoms with van der Waals surface area (Å²) >= 11 is 0. The molecule has 1 aliphatic heterocycles. The molecule has 0 radical (unpaired) electrons. The van der Waals surface area contributed by atoms with Crippen LogP contribution in [0.4, 0.5) is 0 Å². The number of hydrogen-bond donors (Lipinski definition) is 0. The summed E-state index contributed by atoms with van der Waals surface area (Å²) in [4.78, 5) is 47.8. The SMILES string of the molecule is COC(=O)C1=C(C(=O)OC)[C@H]2[C@H]3C[C@H]([C@H]4C(=O)OC(=O)[C@@H]34)[C@@H]12. The zero-order valence-corrected chi connectivity index (χ0v) is 12.0. The summed E-state index contributed by atoms with van der Waals surface area (Å²) in [7, 11) is 2.50. The Morgan fingerprint density at radius 3 is 1.64 bits per heavy atom. The molecule has 0 spiro atoms. The second-order valence-corrected chi connectivity index (χ2v) is 6.22. The van der Waals surface area contributed by atoms with Crippen molar-refractivity contribution >= 4 is 23.9 Å². The number of ether oxygens (including phenoxy) is 3. The summed E-state index contributed by atoms with van der Waals surface area (Å²) in [5.74, 6) is -3.82. The lowest BCUT2D eigenvalue weighted by atomic mass is 9.56. The van der Waals surface area contributed by atoms with E-state index in [2.05, 4.69) is 0 Å². The van der Waals surface area contributed by atoms with E-state index in [-0.39, 0.29) is 23.7 Å². The van der Waals surface area contributed by atoms with Gasteiger partial charge < -0.3 is 14.2 Å². The minimum absolute atomic E-state index is 0.138. The molecule has 0 amide bonds. The Balaban J connectivity index is 1.78. The number of esters is 4. The Bertz CT molecular complexity index is 607. The maximum absolute atomic E-state index is 12.0. The van der Waals surface area contributed by atoms with Gasteiger partial charge in [0.1, 0.15) is 0 Å². The van der Waals surface area contributed by atoms with Crippen LogP contribution in [-0.2, 0) is 33.4 Å². The van der Waals surface area contributed by atoms with E-state index in [1.165, 1.54) is 14.2 Å². The van der Waals surface area contributed by atoms with E-state index < -0.39 is 35.7 Å². The van der Waals surface area contributed by atoms with Crippen molar-refractivity contribution in [1.29, 1.82) is 0 Å². The summed E-state index contributed by atoms with van der Waals surface area (Å²) in [6.45, 7) is 0. The first kappa shape index (κ1) is 13.5. The van der Waals surface area contributed by atoms with Crippen LogP contribution in [0, 0.1) is 35.5 Å². The number of cyclic esters (lactones) is 2. The van der Waals surface area contributed by atoms with Crippen LogP contribution in [0.1, 0.15) is 6.42 Å². The zero-order valence-electron chi connectivity index (χ0n) is 12.0. The van der Waals surface area contributed by atoms with Gasteiger partial charge in [-0.25, -0.2) is 9.59 Å². The van der Waals surface area contributed by atoms with Crippen molar-refractivity contribution in [3.05, 3.63) is 11.1 Å². The van der Waals surface area contributed by atoms with Gasteiger partial charge in [-0.2, -0.15) is 0 Å². The standard InChI is InChI=1S/C15H14O7/c1-20-12(16)10-6-4-3-5(7(6)11(10)13(17)21-2)9-8(4)14(18)22-15(9)19/h4-9H,3H2,1-2H3/t4-,5+,6+,7-,8+,9-. The van der Waals surface area contributed by atoms with Gasteiger partial charge in [0.25, 0.3) is 0 Å². The molecule has 0 aromatic carbocycles. The quantitative estimate of drug-likeness (QED) is 0.397. The van der Waals surface area contributed by atoms with Crippen molar-refractivity contribution in [3.63, 3.8) is 0 Å². The lowest BCUT2D eigenvalue weighted by Gasteiger charge is -2.44. The van der Waals surface area contributed by atoms with E-state index in [1.54, 1.807) is 0 Å². The number of fused-ring (bicyclic) bond motifs is 8. The average Bonchev–Trinajstić information content (AvgIpc) is 3.07. The minimum atomic E-state index is -0.566. The van der Waals surface area contributed by atoms with Gasteiger partial charge in [0.15, 0.2) is 0 Å². The topological polar surface area (TPSA) is 96.0 Å². The molecule has 2 bridgehead atoms. The van der Waals surface area contributed by atoms with Crippen LogP contribution >= 0.6 is 0 Å². The lowest BCUT2D eigenvalue weighted by molar-refractivity contribution is -0.155. The van der Waals surface area contributed by atoms with Gasteiger partial charge in [-0.05, 0) is 18.3 Å². The predicted octanol–water partition coefficient (Wildman–Crippen LogP) is -0.160. The van der Waals surface area contributed by atoms with Crippen molar-refractivity contribution < 1.29 is 33.4 Å². The molecule has 1 saturated heterocycles. The maximum atomic E-state index is 12.0. The summed E-state index contributed by atoms with van der Waals surface area (Å²) in [6.07, 6.45) is 0.645. The largest absolute Gasteiger partial charge is 0.466 e. The Labute approximate surface area is 125 Å². The number of hydrogen-bond acceptors (Lipinski definition) is 7. The molecule has 0 aromatic heterocycles. The highest BCUT2D eigenvalue weighted by atomic mass is 16.6. The lowest BCUT2D eigenvalue weighted by Crippen LogP contribution is -2.48. The molecule has 4 rings (SSSR count). The third kappa shape index (κ3) is 1.32. The van der Waals surface area contributed by atoms with Crippen LogP contribution in [0.3, 0.4) is 0 Å². The molecule has 116 valence electrons. The van der Waals surface area contributed by atoms with E-state index in [1.807, 2.05) is 0 Å². The Hall–Kier alpha value is -2.18. The summed E-state index contributed by atoms with van der Waals surface area (Å²) in [6, 6.07) is 0. The summed E-state index contributed by atoms with van der Waals surface area (Å²) in [5, 5.41) is 0. The third-order valence-electron chi connectivity index (χ3n) is 5.68. The van der Waals surface area contributed by atoms with Crippen LogP contribution in [0.15, 0.2) is 11.1 Å². The number of carbonyl (C=O) groups excluding carboxylic acids is 4. The molecule has 7 nitrogen and oxygen atoms in total. The number of rotatable bonds is 2. The smallest absolute Gasteiger partial charge is 0.334 e. The van der Waals surface area contributed by atoms with E-state index in [9.17, 15) is 19.2 Å². The molecule has 0 unspecified atom stereocenters. The second-order valence-electron chi connectivity index (χ2n) is 6.22. The van der Waals surface area contributed by atoms with Crippen molar-refractivity contribution in [2.24, 2.45) is 35.5 Å². The second kappa shape index (κ2) is 4.18. The molecule has 0 N–H and O–H groups in total. The first-order chi connectivity index (χ1) is 10.5. The average molecular weight is 306 g/mol. The molecule has 2 saturated carbocycles. The fraction of sp³-hybridized carbons (Fsp3) is 0.600. The van der Waals surface area contributed by atoms with Crippen molar-refractivity contribution in [1.82, 2.24) is 0 Å². The summed E-state index contributed by atoms with van der Waals surface area (Å²) < 4.78 is 14.3. The fourth-order valence-electron chi connectivity index (χ4n) is 5.05. The zero-order chi connectivity index (χ0) is 15.8. The van der Waals surface area contributed by atoms with Crippen molar-refractivity contribution in [2.45, 2.75) is 6.42 Å². The maximum Gasteiger partial charge on any atom is 0.334 e. The van der Waals surface area contributed by atoms with Gasteiger partial charge in [0.2, 0.25) is 0 Å². The Morgan fingerprint density at radius 1 is 0.864 bits per heavy atom. The molecular weight excluding hydrogens is 292 g/mol. The van der Waals surface area contributed by atoms with Crippen LogP contribution in [-0.4, -0.2) is 38.1 Å². The van der Waals surface area contributed by atoms with Crippen molar-refractivity contribution in [2.75, 3.05) is 14.2 Å². The van der Waals surface area contributed by atoms with Gasteiger partial charge in [-0.15, -0.1) is 0 Å². The Morgan fingerprint density at radius 2 is 1.27 bits per heavy atom. The van der Waals surface area contributed by atoms with Gasteiger partial charge in [-0.1, -0.05) is 0 Å². The van der Waals surface area contributed by atoms with Crippen LogP contribution in [0.25, 0.3) is 0 Å². The highest BCUT2D eigenvalue weighted by Gasteiger charge is 2.72. The minimum Gasteiger partial charge on any atom is -0.466 e. The molecule has 3 aliphatic carbocycles. The van der Waals surface area contributed by atoms with E-state index in [0.717, 1.165) is 0 Å². The number of methoxy groups -OCH3 is 2. The van der Waals surface area contributed by atoms with E-state index in [4.69, 9.17) is 14.2 Å². The monoisotopic (exact) mass is 306 g/mol. The molecule has 3 fully saturated rings. The molecule has 0 aromatic rings. The molecule has 7 heteroatoms. The molecule has 4 aliphatic rings. The summed E-state index contributed by atoms with van der Waals surface area (Å²) in [5.41, 5.74) is 0.606. The number of carbonyl (C=O) groups is 4. The van der Waals surface area contributed by atoms with Crippen LogP contribution < -0.4 is 0 Å². The van der Waals surface area contributed by atoms with Gasteiger partial charge in [0, 0.05) is 11.8 Å². The fourth-order valence-corrected chi connectivity index (χ4v) is 5.05. The predicted molar refractivity (Wildman–Crippen MR) is 67.7 cm³/mol. The third-order valence-corrected chi connectivity index (χ3v) is 5.68. The van der Waals surface area contributed by atoms with E-state index in [0.29, 0.717) is 17.6 Å². The normalized spacial score (nSPS) is 40.8. The highest BCUT2D eigenvalue weighted by molar-refractivity contribution is 6.06. The van der Waals surface area contributed by atoms with Gasteiger partial charge in [0.05, 0.1) is 37.2 Å².